The van der Waals surface area contributed by atoms with Crippen LogP contribution in [0.25, 0.3) is 0 Å². The first kappa shape index (κ1) is 7.74. The van der Waals surface area contributed by atoms with Crippen LogP contribution in [0.4, 0.5) is 0 Å². The zero-order valence-corrected chi connectivity index (χ0v) is 7.52. The second-order valence-corrected chi connectivity index (χ2v) is 3.00. The number of halogens is 1. The lowest BCUT2D eigenvalue weighted by Crippen LogP contribution is -1.93. The average Bonchev–Trinajstić information content (AvgIpc) is 2.53. The average molecular weight is 185 g/mol. The summed E-state index contributed by atoms with van der Waals surface area (Å²) in [7, 11) is 0. The summed E-state index contributed by atoms with van der Waals surface area (Å²) in [5.74, 6) is 1.44. The third-order valence-corrected chi connectivity index (χ3v) is 2.35. The highest BCUT2D eigenvalue weighted by Crippen LogP contribution is 2.40. The van der Waals surface area contributed by atoms with Gasteiger partial charge in [-0.3, -0.25) is 0 Å². The molecule has 1 heterocycles. The molecule has 0 N–H and O–H groups in total. The molecular formula is C9H9ClO2. The Morgan fingerprint density at radius 2 is 2.25 bits per heavy atom. The molecule has 64 valence electrons. The molecule has 2 nitrogen and oxygen atoms in total. The molecule has 2 rings (SSSR count). The van der Waals surface area contributed by atoms with Crippen molar-refractivity contribution in [2.75, 3.05) is 6.79 Å². The summed E-state index contributed by atoms with van der Waals surface area (Å²) >= 11 is 6.05. The fourth-order valence-corrected chi connectivity index (χ4v) is 1.60. The predicted octanol–water partition coefficient (Wildman–Crippen LogP) is 2.63. The van der Waals surface area contributed by atoms with Crippen LogP contribution in [0, 0.1) is 0 Å². The van der Waals surface area contributed by atoms with Crippen molar-refractivity contribution in [3.05, 3.63) is 22.7 Å². The van der Waals surface area contributed by atoms with Gasteiger partial charge in [-0.2, -0.15) is 0 Å². The number of hydrogen-bond acceptors (Lipinski definition) is 2. The van der Waals surface area contributed by atoms with E-state index in [0.29, 0.717) is 10.8 Å². The predicted molar refractivity (Wildman–Crippen MR) is 47.0 cm³/mol. The fourth-order valence-electron chi connectivity index (χ4n) is 1.25. The van der Waals surface area contributed by atoms with Crippen molar-refractivity contribution in [3.8, 4) is 11.5 Å². The second kappa shape index (κ2) is 2.87. The first-order chi connectivity index (χ1) is 5.83. The van der Waals surface area contributed by atoms with E-state index in [0.717, 1.165) is 17.7 Å². The topological polar surface area (TPSA) is 18.5 Å². The molecule has 0 radical (unpaired) electrons. The molecule has 0 saturated carbocycles. The molecule has 3 heteroatoms. The number of fused-ring (bicyclic) bond motifs is 1. The van der Waals surface area contributed by atoms with Crippen molar-refractivity contribution in [3.63, 3.8) is 0 Å². The highest BCUT2D eigenvalue weighted by molar-refractivity contribution is 6.33. The molecule has 12 heavy (non-hydrogen) atoms. The van der Waals surface area contributed by atoms with Gasteiger partial charge in [0.1, 0.15) is 0 Å². The minimum absolute atomic E-state index is 0.280. The number of ether oxygens (including phenoxy) is 2. The summed E-state index contributed by atoms with van der Waals surface area (Å²) in [5, 5.41) is 0.688. The number of benzene rings is 1. The molecule has 0 bridgehead atoms. The number of aryl methyl sites for hydroxylation is 1. The molecule has 1 aliphatic rings. The van der Waals surface area contributed by atoms with Gasteiger partial charge in [-0.25, -0.2) is 0 Å². The Morgan fingerprint density at radius 3 is 3.00 bits per heavy atom. The monoisotopic (exact) mass is 184 g/mol. The van der Waals surface area contributed by atoms with Gasteiger partial charge in [0.15, 0.2) is 11.5 Å². The van der Waals surface area contributed by atoms with E-state index in [1.54, 1.807) is 0 Å². The first-order valence-corrected chi connectivity index (χ1v) is 4.27. The molecule has 1 aromatic carbocycles. The molecule has 0 spiro atoms. The van der Waals surface area contributed by atoms with Gasteiger partial charge < -0.3 is 9.47 Å². The van der Waals surface area contributed by atoms with Gasteiger partial charge in [0.05, 0.1) is 5.02 Å². The maximum absolute atomic E-state index is 6.05. The van der Waals surface area contributed by atoms with Crippen LogP contribution in [0.2, 0.25) is 5.02 Å². The third-order valence-electron chi connectivity index (χ3n) is 1.94. The van der Waals surface area contributed by atoms with Crippen molar-refractivity contribution in [2.45, 2.75) is 13.3 Å². The number of hydrogen-bond donors (Lipinski definition) is 0. The lowest BCUT2D eigenvalue weighted by molar-refractivity contribution is 0.174. The van der Waals surface area contributed by atoms with Crippen molar-refractivity contribution in [1.82, 2.24) is 0 Å². The summed E-state index contributed by atoms with van der Waals surface area (Å²) < 4.78 is 10.4. The van der Waals surface area contributed by atoms with E-state index in [1.165, 1.54) is 0 Å². The van der Waals surface area contributed by atoms with Gasteiger partial charge in [-0.05, 0) is 18.1 Å². The fraction of sp³-hybridized carbons (Fsp3) is 0.333. The first-order valence-electron chi connectivity index (χ1n) is 3.90. The van der Waals surface area contributed by atoms with Crippen LogP contribution in [0.15, 0.2) is 12.1 Å². The van der Waals surface area contributed by atoms with E-state index >= 15 is 0 Å². The van der Waals surface area contributed by atoms with Crippen LogP contribution in [0.5, 0.6) is 11.5 Å². The Bertz CT molecular complexity index is 310. The summed E-state index contributed by atoms with van der Waals surface area (Å²) in [6.45, 7) is 2.34. The molecule has 0 saturated heterocycles. The minimum atomic E-state index is 0.280. The molecular weight excluding hydrogens is 176 g/mol. The maximum atomic E-state index is 6.05. The minimum Gasteiger partial charge on any atom is -0.454 e. The summed E-state index contributed by atoms with van der Waals surface area (Å²) in [4.78, 5) is 0. The Balaban J connectivity index is 2.54. The molecule has 0 fully saturated rings. The standard InChI is InChI=1S/C9H9ClO2/c1-2-6-3-4-7-9(8(6)10)12-5-11-7/h3-4H,2,5H2,1H3. The normalized spacial score (nSPS) is 13.5. The lowest BCUT2D eigenvalue weighted by atomic mass is 10.1. The molecule has 1 aliphatic heterocycles. The smallest absolute Gasteiger partial charge is 0.231 e. The van der Waals surface area contributed by atoms with E-state index in [4.69, 9.17) is 21.1 Å². The van der Waals surface area contributed by atoms with E-state index < -0.39 is 0 Å². The Morgan fingerprint density at radius 1 is 1.42 bits per heavy atom. The SMILES string of the molecule is CCc1ccc2c(c1Cl)OCO2. The van der Waals surface area contributed by atoms with E-state index in [9.17, 15) is 0 Å². The van der Waals surface area contributed by atoms with Crippen molar-refractivity contribution >= 4 is 11.6 Å². The lowest BCUT2D eigenvalue weighted by Gasteiger charge is -2.03. The van der Waals surface area contributed by atoms with Crippen LogP contribution in [-0.4, -0.2) is 6.79 Å². The Kier molecular flexibility index (Phi) is 1.85. The van der Waals surface area contributed by atoms with E-state index in [-0.39, 0.29) is 6.79 Å². The zero-order chi connectivity index (χ0) is 8.55. The summed E-state index contributed by atoms with van der Waals surface area (Å²) in [6.07, 6.45) is 0.912. The van der Waals surface area contributed by atoms with Gasteiger partial charge in [0.2, 0.25) is 6.79 Å². The largest absolute Gasteiger partial charge is 0.454 e. The van der Waals surface area contributed by atoms with Crippen LogP contribution >= 0.6 is 11.6 Å². The molecule has 1 aromatic rings. The van der Waals surface area contributed by atoms with Gasteiger partial charge >= 0.3 is 0 Å². The highest BCUT2D eigenvalue weighted by atomic mass is 35.5. The molecule has 0 aliphatic carbocycles. The van der Waals surface area contributed by atoms with E-state index in [1.807, 2.05) is 12.1 Å². The highest BCUT2D eigenvalue weighted by Gasteiger charge is 2.18. The van der Waals surface area contributed by atoms with Gasteiger partial charge in [-0.15, -0.1) is 0 Å². The quantitative estimate of drug-likeness (QED) is 0.668. The molecule has 0 aromatic heterocycles. The Labute approximate surface area is 76.1 Å². The van der Waals surface area contributed by atoms with Crippen molar-refractivity contribution < 1.29 is 9.47 Å². The van der Waals surface area contributed by atoms with Gasteiger partial charge in [0, 0.05) is 0 Å². The van der Waals surface area contributed by atoms with Crippen LogP contribution in [0.1, 0.15) is 12.5 Å². The van der Waals surface area contributed by atoms with Gasteiger partial charge in [-0.1, -0.05) is 24.6 Å². The van der Waals surface area contributed by atoms with Gasteiger partial charge in [0.25, 0.3) is 0 Å². The Hall–Kier alpha value is -0.890. The van der Waals surface area contributed by atoms with Crippen LogP contribution in [0.3, 0.4) is 0 Å². The van der Waals surface area contributed by atoms with Crippen LogP contribution in [-0.2, 0) is 6.42 Å². The van der Waals surface area contributed by atoms with Crippen LogP contribution < -0.4 is 9.47 Å². The zero-order valence-electron chi connectivity index (χ0n) is 6.76. The van der Waals surface area contributed by atoms with Crippen molar-refractivity contribution in [1.29, 1.82) is 0 Å². The van der Waals surface area contributed by atoms with E-state index in [2.05, 4.69) is 6.92 Å². The molecule has 0 unspecified atom stereocenters. The summed E-state index contributed by atoms with van der Waals surface area (Å²) in [5.41, 5.74) is 1.10. The molecule has 0 amide bonds. The molecule has 0 atom stereocenters. The van der Waals surface area contributed by atoms with Crippen molar-refractivity contribution in [2.24, 2.45) is 0 Å². The second-order valence-electron chi connectivity index (χ2n) is 2.63. The summed E-state index contributed by atoms with van der Waals surface area (Å²) in [6, 6.07) is 3.86. The third kappa shape index (κ3) is 1.03. The maximum Gasteiger partial charge on any atom is 0.231 e. The number of rotatable bonds is 1.